The molecule has 0 fully saturated rings. The predicted octanol–water partition coefficient (Wildman–Crippen LogP) is 2.39. The second-order valence-corrected chi connectivity index (χ2v) is 4.33. The molecule has 5 heteroatoms. The third kappa shape index (κ3) is 3.98. The summed E-state index contributed by atoms with van der Waals surface area (Å²) < 4.78 is 0. The molecule has 1 aromatic carbocycles. The number of benzene rings is 1. The van der Waals surface area contributed by atoms with Gasteiger partial charge in [-0.15, -0.1) is 0 Å². The van der Waals surface area contributed by atoms with Gasteiger partial charge in [0.05, 0.1) is 0 Å². The summed E-state index contributed by atoms with van der Waals surface area (Å²) in [6.07, 6.45) is 0.354. The number of nitrogens with one attached hydrogen (secondary N) is 1. The molecule has 0 radical (unpaired) electrons. The number of amides is 2. The van der Waals surface area contributed by atoms with E-state index in [2.05, 4.69) is 5.32 Å². The molecule has 2 N–H and O–H groups in total. The zero-order chi connectivity index (χ0) is 14.4. The summed E-state index contributed by atoms with van der Waals surface area (Å²) in [4.78, 5) is 24.6. The average Bonchev–Trinajstić information content (AvgIpc) is 2.36. The first-order valence-corrected chi connectivity index (χ1v) is 6.37. The fourth-order valence-electron chi connectivity index (χ4n) is 1.80. The van der Waals surface area contributed by atoms with E-state index < -0.39 is 12.0 Å². The van der Waals surface area contributed by atoms with Crippen molar-refractivity contribution in [2.45, 2.75) is 33.2 Å². The van der Waals surface area contributed by atoms with E-state index >= 15 is 0 Å². The maximum Gasteiger partial charge on any atom is 0.326 e. The van der Waals surface area contributed by atoms with Crippen LogP contribution in [0.2, 0.25) is 0 Å². The van der Waals surface area contributed by atoms with Crippen LogP contribution in [0.15, 0.2) is 24.3 Å². The van der Waals surface area contributed by atoms with Crippen LogP contribution in [0, 0.1) is 6.92 Å². The molecule has 0 saturated heterocycles. The van der Waals surface area contributed by atoms with Crippen LogP contribution in [-0.2, 0) is 4.79 Å². The van der Waals surface area contributed by atoms with Crippen LogP contribution in [-0.4, -0.2) is 29.7 Å². The smallest absolute Gasteiger partial charge is 0.326 e. The highest BCUT2D eigenvalue weighted by Gasteiger charge is 2.21. The molecule has 0 bridgehead atoms. The number of hydrogen-bond acceptors (Lipinski definition) is 2. The average molecular weight is 264 g/mol. The Hall–Kier alpha value is -2.04. The third-order valence-electron chi connectivity index (χ3n) is 2.88. The van der Waals surface area contributed by atoms with Crippen LogP contribution in [0.1, 0.15) is 25.8 Å². The van der Waals surface area contributed by atoms with Crippen molar-refractivity contribution in [3.05, 3.63) is 29.8 Å². The molecule has 0 aliphatic rings. The maximum atomic E-state index is 12.1. The van der Waals surface area contributed by atoms with E-state index in [1.165, 1.54) is 4.90 Å². The van der Waals surface area contributed by atoms with Gasteiger partial charge in [-0.25, -0.2) is 9.59 Å². The van der Waals surface area contributed by atoms with Gasteiger partial charge in [-0.05, 0) is 38.0 Å². The van der Waals surface area contributed by atoms with E-state index in [-0.39, 0.29) is 6.03 Å². The molecular weight excluding hydrogens is 244 g/mol. The summed E-state index contributed by atoms with van der Waals surface area (Å²) in [6.45, 7) is 6.00. The molecule has 104 valence electrons. The van der Waals surface area contributed by atoms with Gasteiger partial charge < -0.3 is 10.4 Å². The fraction of sp³-hybridized carbons (Fsp3) is 0.429. The van der Waals surface area contributed by atoms with Crippen LogP contribution >= 0.6 is 0 Å². The number of nitrogens with zero attached hydrogens (tertiary/aromatic N) is 1. The first kappa shape index (κ1) is 15.0. The highest BCUT2D eigenvalue weighted by atomic mass is 16.4. The zero-order valence-corrected chi connectivity index (χ0v) is 11.5. The minimum Gasteiger partial charge on any atom is -0.480 e. The van der Waals surface area contributed by atoms with E-state index in [4.69, 9.17) is 5.11 Å². The molecular formula is C14H20N2O3. The Balaban J connectivity index is 2.85. The molecule has 0 heterocycles. The largest absolute Gasteiger partial charge is 0.480 e. The lowest BCUT2D eigenvalue weighted by atomic mass is 10.2. The quantitative estimate of drug-likeness (QED) is 0.858. The van der Waals surface area contributed by atoms with Gasteiger partial charge in [-0.3, -0.25) is 4.90 Å². The lowest BCUT2D eigenvalue weighted by molar-refractivity contribution is -0.139. The van der Waals surface area contributed by atoms with E-state index in [1.807, 2.05) is 38.1 Å². The Kier molecular flexibility index (Phi) is 5.36. The summed E-state index contributed by atoms with van der Waals surface area (Å²) in [5.74, 6) is -1.02. The molecule has 5 nitrogen and oxygen atoms in total. The lowest BCUT2D eigenvalue weighted by Crippen LogP contribution is -2.47. The Morgan fingerprint density at radius 3 is 2.53 bits per heavy atom. The molecule has 0 aromatic heterocycles. The monoisotopic (exact) mass is 264 g/mol. The van der Waals surface area contributed by atoms with Crippen molar-refractivity contribution < 1.29 is 14.7 Å². The van der Waals surface area contributed by atoms with E-state index in [1.54, 1.807) is 6.92 Å². The van der Waals surface area contributed by atoms with Gasteiger partial charge >= 0.3 is 12.0 Å². The van der Waals surface area contributed by atoms with Gasteiger partial charge in [0.2, 0.25) is 0 Å². The van der Waals surface area contributed by atoms with Crippen molar-refractivity contribution in [1.29, 1.82) is 0 Å². The molecule has 2 amide bonds. The number of rotatable bonds is 5. The lowest BCUT2D eigenvalue weighted by Gasteiger charge is -2.24. The Morgan fingerprint density at radius 1 is 1.37 bits per heavy atom. The number of aliphatic carboxylic acids is 1. The molecule has 0 spiro atoms. The summed E-state index contributed by atoms with van der Waals surface area (Å²) >= 11 is 0. The third-order valence-corrected chi connectivity index (χ3v) is 2.88. The molecule has 0 saturated carbocycles. The topological polar surface area (TPSA) is 69.6 Å². The van der Waals surface area contributed by atoms with Crippen LogP contribution < -0.4 is 10.2 Å². The molecule has 0 unspecified atom stereocenters. The Labute approximate surface area is 113 Å². The predicted molar refractivity (Wildman–Crippen MR) is 74.4 cm³/mol. The Bertz CT molecular complexity index is 460. The zero-order valence-electron chi connectivity index (χ0n) is 11.5. The number of hydrogen-bond donors (Lipinski definition) is 2. The number of carbonyl (C=O) groups is 2. The van der Waals surface area contributed by atoms with Gasteiger partial charge in [-0.1, -0.05) is 19.1 Å². The number of aryl methyl sites for hydroxylation is 1. The van der Waals surface area contributed by atoms with E-state index in [0.717, 1.165) is 11.3 Å². The summed E-state index contributed by atoms with van der Waals surface area (Å²) in [7, 11) is 0. The maximum absolute atomic E-state index is 12.1. The SMILES string of the molecule is CC[C@H](NC(=O)N(CC)c1cccc(C)c1)C(=O)O. The van der Waals surface area contributed by atoms with Crippen molar-refractivity contribution in [2.24, 2.45) is 0 Å². The van der Waals surface area contributed by atoms with Crippen molar-refractivity contribution in [1.82, 2.24) is 5.32 Å². The van der Waals surface area contributed by atoms with Crippen molar-refractivity contribution in [3.8, 4) is 0 Å². The van der Waals surface area contributed by atoms with Crippen molar-refractivity contribution in [3.63, 3.8) is 0 Å². The number of carbonyl (C=O) groups excluding carboxylic acids is 1. The fourth-order valence-corrected chi connectivity index (χ4v) is 1.80. The second-order valence-electron chi connectivity index (χ2n) is 4.33. The number of carboxylic acid groups (broad SMARTS) is 1. The highest BCUT2D eigenvalue weighted by molar-refractivity contribution is 5.94. The molecule has 19 heavy (non-hydrogen) atoms. The van der Waals surface area contributed by atoms with E-state index in [0.29, 0.717) is 13.0 Å². The van der Waals surface area contributed by atoms with Crippen molar-refractivity contribution in [2.75, 3.05) is 11.4 Å². The molecule has 0 aliphatic carbocycles. The van der Waals surface area contributed by atoms with Gasteiger partial charge in [0.25, 0.3) is 0 Å². The van der Waals surface area contributed by atoms with Crippen LogP contribution in [0.4, 0.5) is 10.5 Å². The summed E-state index contributed by atoms with van der Waals surface area (Å²) in [6, 6.07) is 6.30. The van der Waals surface area contributed by atoms with Gasteiger partial charge in [0, 0.05) is 12.2 Å². The van der Waals surface area contributed by atoms with Gasteiger partial charge in [0.1, 0.15) is 6.04 Å². The first-order chi connectivity index (χ1) is 8.99. The first-order valence-electron chi connectivity index (χ1n) is 6.37. The molecule has 1 atom stereocenters. The normalized spacial score (nSPS) is 11.7. The highest BCUT2D eigenvalue weighted by Crippen LogP contribution is 2.16. The molecule has 0 aliphatic heterocycles. The second kappa shape index (κ2) is 6.78. The number of anilines is 1. The van der Waals surface area contributed by atoms with Crippen LogP contribution in [0.25, 0.3) is 0 Å². The van der Waals surface area contributed by atoms with Crippen molar-refractivity contribution >= 4 is 17.7 Å². The minimum atomic E-state index is -1.02. The van der Waals surface area contributed by atoms with Crippen LogP contribution in [0.3, 0.4) is 0 Å². The standard InChI is InChI=1S/C14H20N2O3/c1-4-12(13(17)18)15-14(19)16(5-2)11-8-6-7-10(3)9-11/h6-9,12H,4-5H2,1-3H3,(H,15,19)(H,17,18)/t12-/m0/s1. The van der Waals surface area contributed by atoms with E-state index in [9.17, 15) is 9.59 Å². The number of carboxylic acids is 1. The van der Waals surface area contributed by atoms with Crippen LogP contribution in [0.5, 0.6) is 0 Å². The summed E-state index contributed by atoms with van der Waals surface area (Å²) in [5.41, 5.74) is 1.81. The number of urea groups is 1. The van der Waals surface area contributed by atoms with Gasteiger partial charge in [0.15, 0.2) is 0 Å². The van der Waals surface area contributed by atoms with Gasteiger partial charge in [-0.2, -0.15) is 0 Å². The summed E-state index contributed by atoms with van der Waals surface area (Å²) in [5, 5.41) is 11.5. The Morgan fingerprint density at radius 2 is 2.05 bits per heavy atom. The molecule has 1 rings (SSSR count). The molecule has 1 aromatic rings. The minimum absolute atomic E-state index is 0.354.